The molecule has 1 saturated carbocycles. The predicted octanol–water partition coefficient (Wildman–Crippen LogP) is 2.90. The first-order valence-corrected chi connectivity index (χ1v) is 11.1. The molecule has 31 heavy (non-hydrogen) atoms. The minimum atomic E-state index is -0.232. The Bertz CT molecular complexity index is 1050. The van der Waals surface area contributed by atoms with Gasteiger partial charge in [0, 0.05) is 25.0 Å². The van der Waals surface area contributed by atoms with Crippen molar-refractivity contribution in [1.82, 2.24) is 15.1 Å². The topological polar surface area (TPSA) is 68.6 Å². The summed E-state index contributed by atoms with van der Waals surface area (Å²) in [5.41, 5.74) is 2.74. The third kappa shape index (κ3) is 2.60. The van der Waals surface area contributed by atoms with Crippen LogP contribution < -0.4 is 5.32 Å². The zero-order valence-electron chi connectivity index (χ0n) is 17.6. The third-order valence-corrected chi connectivity index (χ3v) is 8.07. The molecule has 1 N–H and O–H groups in total. The van der Waals surface area contributed by atoms with Crippen LogP contribution in [-0.2, 0) is 16.9 Å². The molecule has 0 spiro atoms. The van der Waals surface area contributed by atoms with Gasteiger partial charge in [0.15, 0.2) is 0 Å². The summed E-state index contributed by atoms with van der Waals surface area (Å²) in [5.74, 6) is 1.40. The van der Waals surface area contributed by atoms with Crippen LogP contribution in [0.2, 0.25) is 0 Å². The van der Waals surface area contributed by atoms with Crippen molar-refractivity contribution < 1.29 is 9.53 Å². The molecule has 5 aliphatic rings. The van der Waals surface area contributed by atoms with Gasteiger partial charge in [-0.3, -0.25) is 10.2 Å². The first-order chi connectivity index (χ1) is 15.1. The summed E-state index contributed by atoms with van der Waals surface area (Å²) < 4.78 is 5.70. The van der Waals surface area contributed by atoms with Gasteiger partial charge in [0.1, 0.15) is 6.61 Å². The molecule has 4 saturated heterocycles. The van der Waals surface area contributed by atoms with E-state index in [0.717, 1.165) is 25.1 Å². The highest BCUT2D eigenvalue weighted by Crippen LogP contribution is 2.61. The van der Waals surface area contributed by atoms with Crippen LogP contribution in [0.3, 0.4) is 0 Å². The number of nitrogens with one attached hydrogen (secondary N) is 1. The van der Waals surface area contributed by atoms with E-state index in [0.29, 0.717) is 36.0 Å². The zero-order valence-corrected chi connectivity index (χ0v) is 17.6. The highest BCUT2D eigenvalue weighted by atomic mass is 16.6. The van der Waals surface area contributed by atoms with Gasteiger partial charge in [0.05, 0.1) is 23.3 Å². The van der Waals surface area contributed by atoms with Crippen LogP contribution in [0.4, 0.5) is 4.79 Å². The molecule has 7 rings (SSSR count). The molecule has 1 amide bonds. The summed E-state index contributed by atoms with van der Waals surface area (Å²) in [6.07, 6.45) is 0.888. The first-order valence-electron chi connectivity index (χ1n) is 11.1. The summed E-state index contributed by atoms with van der Waals surface area (Å²) in [4.78, 5) is 17.5. The number of nitrogens with zero attached hydrogens (tertiary/aromatic N) is 3. The van der Waals surface area contributed by atoms with Crippen molar-refractivity contribution in [2.24, 2.45) is 17.8 Å². The fourth-order valence-electron chi connectivity index (χ4n) is 6.96. The molecule has 1 aliphatic carbocycles. The fraction of sp³-hybridized carbons (Fsp3) is 0.440. The average Bonchev–Trinajstić information content (AvgIpc) is 3.20. The van der Waals surface area contributed by atoms with E-state index in [4.69, 9.17) is 4.74 Å². The molecule has 0 aromatic heterocycles. The van der Waals surface area contributed by atoms with Crippen molar-refractivity contribution in [2.75, 3.05) is 20.1 Å². The van der Waals surface area contributed by atoms with E-state index in [2.05, 4.69) is 35.5 Å². The second-order valence-corrected chi connectivity index (χ2v) is 9.48. The maximum Gasteiger partial charge on any atom is 0.411 e. The second-order valence-electron chi connectivity index (χ2n) is 9.48. The molecule has 2 aromatic rings. The summed E-state index contributed by atoms with van der Waals surface area (Å²) >= 11 is 0. The minimum Gasteiger partial charge on any atom is -0.445 e. The molecule has 6 atom stereocenters. The Balaban J connectivity index is 1.29. The quantitative estimate of drug-likeness (QED) is 0.837. The Hall–Kier alpha value is -2.88. The van der Waals surface area contributed by atoms with Crippen molar-refractivity contribution in [3.8, 4) is 6.07 Å². The lowest BCUT2D eigenvalue weighted by molar-refractivity contribution is -0.0234. The summed E-state index contributed by atoms with van der Waals surface area (Å²) in [7, 11) is 2.21. The highest BCUT2D eigenvalue weighted by molar-refractivity contribution is 5.69. The lowest BCUT2D eigenvalue weighted by Gasteiger charge is -2.56. The number of carbonyl (C=O) groups is 1. The van der Waals surface area contributed by atoms with Crippen molar-refractivity contribution in [3.63, 3.8) is 0 Å². The van der Waals surface area contributed by atoms with Gasteiger partial charge in [-0.1, -0.05) is 42.5 Å². The lowest BCUT2D eigenvalue weighted by atomic mass is 9.58. The monoisotopic (exact) mass is 414 g/mol. The molecule has 158 valence electrons. The molecule has 4 aliphatic heterocycles. The molecule has 0 unspecified atom stereocenters. The Morgan fingerprint density at radius 2 is 1.94 bits per heavy atom. The number of likely N-dealkylation sites (N-methyl/N-ethyl adjacent to an activating group) is 1. The van der Waals surface area contributed by atoms with E-state index in [1.807, 2.05) is 47.4 Å². The Kier molecular flexibility index (Phi) is 4.14. The highest BCUT2D eigenvalue weighted by Gasteiger charge is 2.70. The molecule has 4 heterocycles. The minimum absolute atomic E-state index is 0.00270. The van der Waals surface area contributed by atoms with Crippen molar-refractivity contribution in [2.45, 2.75) is 30.8 Å². The van der Waals surface area contributed by atoms with Crippen molar-refractivity contribution in [3.05, 3.63) is 71.3 Å². The van der Waals surface area contributed by atoms with Gasteiger partial charge < -0.3 is 9.64 Å². The zero-order chi connectivity index (χ0) is 21.2. The van der Waals surface area contributed by atoms with Gasteiger partial charge in [0.2, 0.25) is 0 Å². The smallest absolute Gasteiger partial charge is 0.411 e. The fourth-order valence-corrected chi connectivity index (χ4v) is 6.96. The van der Waals surface area contributed by atoms with Crippen LogP contribution in [0.5, 0.6) is 0 Å². The molecule has 6 nitrogen and oxygen atoms in total. The SMILES string of the molecule is CN1C[C@@H]2C[C@@H]3[C@H]4CN(C(=O)OCc5ccccc5)[C@@H]3N[C@]2(c2ccc(C#N)cc2)[C@H]41. The van der Waals surface area contributed by atoms with Crippen molar-refractivity contribution in [1.29, 1.82) is 5.26 Å². The van der Waals surface area contributed by atoms with Gasteiger partial charge in [-0.25, -0.2) is 4.79 Å². The maximum atomic E-state index is 13.1. The number of amides is 1. The number of likely N-dealkylation sites (tertiary alicyclic amines) is 2. The lowest BCUT2D eigenvalue weighted by Crippen LogP contribution is -2.70. The van der Waals surface area contributed by atoms with E-state index in [1.165, 1.54) is 5.56 Å². The van der Waals surface area contributed by atoms with Gasteiger partial charge >= 0.3 is 6.09 Å². The summed E-state index contributed by atoms with van der Waals surface area (Å²) in [6, 6.07) is 20.4. The summed E-state index contributed by atoms with van der Waals surface area (Å²) in [6.45, 7) is 2.09. The van der Waals surface area contributed by atoms with Crippen LogP contribution in [0, 0.1) is 29.1 Å². The predicted molar refractivity (Wildman–Crippen MR) is 115 cm³/mol. The molecule has 0 radical (unpaired) electrons. The van der Waals surface area contributed by atoms with E-state index in [1.54, 1.807) is 0 Å². The molecule has 5 fully saturated rings. The van der Waals surface area contributed by atoms with Gasteiger partial charge in [-0.05, 0) is 48.6 Å². The van der Waals surface area contributed by atoms with Crippen LogP contribution in [0.15, 0.2) is 54.6 Å². The Labute approximate surface area is 182 Å². The number of nitriles is 1. The normalized spacial score (nSPS) is 35.2. The molecule has 6 heteroatoms. The van der Waals surface area contributed by atoms with Crippen LogP contribution >= 0.6 is 0 Å². The van der Waals surface area contributed by atoms with Crippen molar-refractivity contribution >= 4 is 6.09 Å². The van der Waals surface area contributed by atoms with E-state index >= 15 is 0 Å². The van der Waals surface area contributed by atoms with Gasteiger partial charge in [-0.15, -0.1) is 0 Å². The van der Waals surface area contributed by atoms with E-state index in [-0.39, 0.29) is 17.8 Å². The standard InChI is InChI=1S/C25H26N4O2/c1-28-13-19-11-20-21-14-29(24(30)31-15-17-5-3-2-4-6-17)23(20)27-25(19,22(21)28)18-9-7-16(12-26)8-10-18/h2-10,19-23,27H,11,13-15H2,1H3/t19-,20+,21+,22-,23-,25-/m0/s1. The number of hydrogen-bond acceptors (Lipinski definition) is 5. The third-order valence-electron chi connectivity index (χ3n) is 8.07. The first kappa shape index (κ1) is 18.9. The van der Waals surface area contributed by atoms with Gasteiger partial charge in [0.25, 0.3) is 0 Å². The molecular weight excluding hydrogens is 388 g/mol. The number of ether oxygens (including phenoxy) is 1. The van der Waals surface area contributed by atoms with Crippen LogP contribution in [-0.4, -0.2) is 48.2 Å². The average molecular weight is 415 g/mol. The summed E-state index contributed by atoms with van der Waals surface area (Å²) in [5, 5.41) is 13.2. The largest absolute Gasteiger partial charge is 0.445 e. The Morgan fingerprint density at radius 1 is 1.16 bits per heavy atom. The molecule has 6 bridgehead atoms. The van der Waals surface area contributed by atoms with Crippen LogP contribution in [0.25, 0.3) is 0 Å². The maximum absolute atomic E-state index is 13.1. The number of carbonyl (C=O) groups excluding carboxylic acids is 1. The Morgan fingerprint density at radius 3 is 2.68 bits per heavy atom. The number of rotatable bonds is 3. The molecular formula is C25H26N4O2. The van der Waals surface area contributed by atoms with Gasteiger partial charge in [-0.2, -0.15) is 5.26 Å². The number of hydrogen-bond donors (Lipinski definition) is 1. The van der Waals surface area contributed by atoms with E-state index < -0.39 is 0 Å². The second kappa shape index (κ2) is 6.81. The number of benzene rings is 2. The molecule has 2 aromatic carbocycles. The van der Waals surface area contributed by atoms with Crippen LogP contribution in [0.1, 0.15) is 23.1 Å². The number of piperidine rings is 2. The van der Waals surface area contributed by atoms with E-state index in [9.17, 15) is 10.1 Å².